The Bertz CT molecular complexity index is 413. The summed E-state index contributed by atoms with van der Waals surface area (Å²) in [6, 6.07) is 7.99. The molecule has 0 spiro atoms. The number of benzene rings is 1. The molecule has 98 valence electrons. The second-order valence-corrected chi connectivity index (χ2v) is 4.77. The summed E-state index contributed by atoms with van der Waals surface area (Å²) in [7, 11) is 1.85. The molecule has 1 heterocycles. The molecular weight excluding hydrogens is 226 g/mol. The van der Waals surface area contributed by atoms with E-state index in [1.165, 1.54) is 0 Å². The highest BCUT2D eigenvalue weighted by Crippen LogP contribution is 2.17. The van der Waals surface area contributed by atoms with E-state index >= 15 is 0 Å². The minimum absolute atomic E-state index is 0.159. The fourth-order valence-electron chi connectivity index (χ4n) is 2.24. The Morgan fingerprint density at radius 2 is 2.00 bits per heavy atom. The van der Waals surface area contributed by atoms with Crippen molar-refractivity contribution in [3.05, 3.63) is 29.8 Å². The molecule has 0 aromatic heterocycles. The standard InChI is InChI=1S/C14H21N3O/c1-12-5-3-4-6-13(12)16(2)14(18)11-17-9-7-15-8-10-17/h3-6,15H,7-11H2,1-2H3. The van der Waals surface area contributed by atoms with E-state index in [0.29, 0.717) is 6.54 Å². The Morgan fingerprint density at radius 3 is 2.67 bits per heavy atom. The molecule has 1 N–H and O–H groups in total. The maximum Gasteiger partial charge on any atom is 0.240 e. The Balaban J connectivity index is 1.98. The van der Waals surface area contributed by atoms with Crippen LogP contribution in [0, 0.1) is 6.92 Å². The normalized spacial score (nSPS) is 16.6. The van der Waals surface area contributed by atoms with Gasteiger partial charge in [-0.2, -0.15) is 0 Å². The van der Waals surface area contributed by atoms with Crippen molar-refractivity contribution in [2.24, 2.45) is 0 Å². The maximum atomic E-state index is 12.2. The van der Waals surface area contributed by atoms with Crippen LogP contribution >= 0.6 is 0 Å². The molecule has 1 aliphatic rings. The van der Waals surface area contributed by atoms with E-state index in [0.717, 1.165) is 37.4 Å². The Morgan fingerprint density at radius 1 is 1.33 bits per heavy atom. The highest BCUT2D eigenvalue weighted by molar-refractivity contribution is 5.94. The Labute approximate surface area is 109 Å². The number of anilines is 1. The van der Waals surface area contributed by atoms with Crippen molar-refractivity contribution in [2.45, 2.75) is 6.92 Å². The van der Waals surface area contributed by atoms with E-state index in [2.05, 4.69) is 10.2 Å². The van der Waals surface area contributed by atoms with Crippen molar-refractivity contribution in [1.82, 2.24) is 10.2 Å². The number of hydrogen-bond donors (Lipinski definition) is 1. The summed E-state index contributed by atoms with van der Waals surface area (Å²) in [4.78, 5) is 16.2. The molecule has 4 nitrogen and oxygen atoms in total. The summed E-state index contributed by atoms with van der Waals surface area (Å²) in [5.41, 5.74) is 2.13. The van der Waals surface area contributed by atoms with Gasteiger partial charge in [0.1, 0.15) is 0 Å². The second-order valence-electron chi connectivity index (χ2n) is 4.77. The van der Waals surface area contributed by atoms with Gasteiger partial charge in [0.15, 0.2) is 0 Å². The SMILES string of the molecule is Cc1ccccc1N(C)C(=O)CN1CCNCC1. The maximum absolute atomic E-state index is 12.2. The van der Waals surface area contributed by atoms with Gasteiger partial charge in [0, 0.05) is 38.9 Å². The number of para-hydroxylation sites is 1. The molecule has 18 heavy (non-hydrogen) atoms. The first kappa shape index (κ1) is 13.1. The van der Waals surface area contributed by atoms with E-state index in [4.69, 9.17) is 0 Å². The number of rotatable bonds is 3. The average Bonchev–Trinajstić information content (AvgIpc) is 2.39. The summed E-state index contributed by atoms with van der Waals surface area (Å²) < 4.78 is 0. The lowest BCUT2D eigenvalue weighted by molar-refractivity contribution is -0.119. The molecule has 0 saturated carbocycles. The molecule has 1 fully saturated rings. The van der Waals surface area contributed by atoms with E-state index in [9.17, 15) is 4.79 Å². The number of hydrogen-bond acceptors (Lipinski definition) is 3. The van der Waals surface area contributed by atoms with Crippen LogP contribution in [0.3, 0.4) is 0 Å². The summed E-state index contributed by atoms with van der Waals surface area (Å²) in [5.74, 6) is 0.159. The number of carbonyl (C=O) groups is 1. The molecule has 2 rings (SSSR count). The van der Waals surface area contributed by atoms with Gasteiger partial charge >= 0.3 is 0 Å². The summed E-state index contributed by atoms with van der Waals surface area (Å²) >= 11 is 0. The van der Waals surface area contributed by atoms with Gasteiger partial charge in [0.25, 0.3) is 0 Å². The number of amides is 1. The van der Waals surface area contributed by atoms with Crippen LogP contribution in [-0.2, 0) is 4.79 Å². The van der Waals surface area contributed by atoms with E-state index in [1.807, 2.05) is 38.2 Å². The van der Waals surface area contributed by atoms with Crippen molar-refractivity contribution in [3.63, 3.8) is 0 Å². The van der Waals surface area contributed by atoms with Crippen molar-refractivity contribution >= 4 is 11.6 Å². The minimum Gasteiger partial charge on any atom is -0.314 e. The summed E-state index contributed by atoms with van der Waals surface area (Å²) in [6.45, 7) is 6.39. The zero-order chi connectivity index (χ0) is 13.0. The third kappa shape index (κ3) is 3.09. The van der Waals surface area contributed by atoms with Crippen LogP contribution in [0.4, 0.5) is 5.69 Å². The zero-order valence-corrected chi connectivity index (χ0v) is 11.1. The van der Waals surface area contributed by atoms with E-state index < -0.39 is 0 Å². The quantitative estimate of drug-likeness (QED) is 0.860. The molecule has 1 aliphatic heterocycles. The fourth-order valence-corrected chi connectivity index (χ4v) is 2.24. The molecule has 4 heteroatoms. The topological polar surface area (TPSA) is 35.6 Å². The predicted octanol–water partition coefficient (Wildman–Crippen LogP) is 0.863. The molecule has 0 unspecified atom stereocenters. The van der Waals surface area contributed by atoms with E-state index in [1.54, 1.807) is 4.90 Å². The highest BCUT2D eigenvalue weighted by Gasteiger charge is 2.17. The first-order valence-corrected chi connectivity index (χ1v) is 6.44. The predicted molar refractivity (Wildman–Crippen MR) is 73.9 cm³/mol. The average molecular weight is 247 g/mol. The van der Waals surface area contributed by atoms with Gasteiger partial charge < -0.3 is 10.2 Å². The molecule has 0 bridgehead atoms. The molecule has 1 aromatic rings. The summed E-state index contributed by atoms with van der Waals surface area (Å²) in [6.07, 6.45) is 0. The molecular formula is C14H21N3O. The third-order valence-corrected chi connectivity index (χ3v) is 3.42. The van der Waals surface area contributed by atoms with Crippen LogP contribution in [0.2, 0.25) is 0 Å². The van der Waals surface area contributed by atoms with Crippen molar-refractivity contribution in [1.29, 1.82) is 0 Å². The van der Waals surface area contributed by atoms with Crippen LogP contribution in [0.15, 0.2) is 24.3 Å². The number of nitrogens with zero attached hydrogens (tertiary/aromatic N) is 2. The van der Waals surface area contributed by atoms with E-state index in [-0.39, 0.29) is 5.91 Å². The van der Waals surface area contributed by atoms with Gasteiger partial charge in [0.2, 0.25) is 5.91 Å². The number of nitrogens with one attached hydrogen (secondary N) is 1. The number of carbonyl (C=O) groups excluding carboxylic acids is 1. The Hall–Kier alpha value is -1.39. The lowest BCUT2D eigenvalue weighted by Crippen LogP contribution is -2.48. The molecule has 0 atom stereocenters. The zero-order valence-electron chi connectivity index (χ0n) is 11.1. The van der Waals surface area contributed by atoms with Crippen LogP contribution < -0.4 is 10.2 Å². The lowest BCUT2D eigenvalue weighted by atomic mass is 10.2. The lowest BCUT2D eigenvalue weighted by Gasteiger charge is -2.29. The molecule has 1 aromatic carbocycles. The third-order valence-electron chi connectivity index (χ3n) is 3.42. The number of likely N-dealkylation sites (N-methyl/N-ethyl adjacent to an activating group) is 1. The van der Waals surface area contributed by atoms with Crippen molar-refractivity contribution in [3.8, 4) is 0 Å². The van der Waals surface area contributed by atoms with Gasteiger partial charge in [-0.15, -0.1) is 0 Å². The van der Waals surface area contributed by atoms with Crippen LogP contribution in [0.25, 0.3) is 0 Å². The monoisotopic (exact) mass is 247 g/mol. The smallest absolute Gasteiger partial charge is 0.240 e. The van der Waals surface area contributed by atoms with Gasteiger partial charge in [-0.1, -0.05) is 18.2 Å². The van der Waals surface area contributed by atoms with Gasteiger partial charge in [0.05, 0.1) is 6.54 Å². The highest BCUT2D eigenvalue weighted by atomic mass is 16.2. The first-order chi connectivity index (χ1) is 8.68. The Kier molecular flexibility index (Phi) is 4.33. The molecule has 1 amide bonds. The molecule has 1 saturated heterocycles. The van der Waals surface area contributed by atoms with Gasteiger partial charge in [-0.3, -0.25) is 9.69 Å². The van der Waals surface area contributed by atoms with Crippen LogP contribution in [0.1, 0.15) is 5.56 Å². The summed E-state index contributed by atoms with van der Waals surface area (Å²) in [5, 5.41) is 3.29. The van der Waals surface area contributed by atoms with Crippen LogP contribution in [0.5, 0.6) is 0 Å². The largest absolute Gasteiger partial charge is 0.314 e. The van der Waals surface area contributed by atoms with Crippen molar-refractivity contribution < 1.29 is 4.79 Å². The fraction of sp³-hybridized carbons (Fsp3) is 0.500. The van der Waals surface area contributed by atoms with Crippen LogP contribution in [-0.4, -0.2) is 50.6 Å². The number of aryl methyl sites for hydroxylation is 1. The molecule has 0 aliphatic carbocycles. The molecule has 0 radical (unpaired) electrons. The van der Waals surface area contributed by atoms with Gasteiger partial charge in [-0.25, -0.2) is 0 Å². The van der Waals surface area contributed by atoms with Gasteiger partial charge in [-0.05, 0) is 18.6 Å². The number of piperazine rings is 1. The minimum atomic E-state index is 0.159. The first-order valence-electron chi connectivity index (χ1n) is 6.44. The second kappa shape index (κ2) is 5.98. The van der Waals surface area contributed by atoms with Crippen molar-refractivity contribution in [2.75, 3.05) is 44.7 Å².